The van der Waals surface area contributed by atoms with Crippen molar-refractivity contribution >= 4 is 11.6 Å². The zero-order valence-electron chi connectivity index (χ0n) is 14.5. The Morgan fingerprint density at radius 3 is 2.20 bits per heavy atom. The van der Waals surface area contributed by atoms with E-state index < -0.39 is 6.10 Å². The zero-order chi connectivity index (χ0) is 17.4. The highest BCUT2D eigenvalue weighted by atomic mass is 16.3. The molecule has 136 valence electrons. The molecule has 0 saturated heterocycles. The first-order chi connectivity index (χ1) is 12.1. The molecule has 0 spiro atoms. The molecule has 0 heterocycles. The summed E-state index contributed by atoms with van der Waals surface area (Å²) in [7, 11) is 0. The van der Waals surface area contributed by atoms with Crippen molar-refractivity contribution in [3.8, 4) is 0 Å². The van der Waals surface area contributed by atoms with Crippen molar-refractivity contribution in [3.05, 3.63) is 29.8 Å². The van der Waals surface area contributed by atoms with Crippen LogP contribution in [0.1, 0.15) is 42.5 Å². The minimum absolute atomic E-state index is 0.0272. The van der Waals surface area contributed by atoms with Crippen molar-refractivity contribution in [3.63, 3.8) is 0 Å². The molecule has 0 radical (unpaired) electrons. The van der Waals surface area contributed by atoms with Crippen LogP contribution in [0.4, 0.5) is 5.69 Å². The first kappa shape index (κ1) is 16.9. The standard InChI is InChI=1S/C20H28N2O3/c23-11-18(24)10-21-17-3-1-14(2-4-17)20(25)22-19-15-6-12-5-13(8-15)9-16(19)7-12/h1-4,12-13,15-16,18-19,21,23-24H,5-11H2,(H,22,25). The minimum Gasteiger partial charge on any atom is -0.394 e. The van der Waals surface area contributed by atoms with E-state index in [-0.39, 0.29) is 19.1 Å². The van der Waals surface area contributed by atoms with Gasteiger partial charge in [0.1, 0.15) is 0 Å². The maximum Gasteiger partial charge on any atom is 0.251 e. The fourth-order valence-corrected chi connectivity index (χ4v) is 5.44. The van der Waals surface area contributed by atoms with Crippen molar-refractivity contribution in [2.24, 2.45) is 23.7 Å². The molecule has 4 fully saturated rings. The van der Waals surface area contributed by atoms with Crippen LogP contribution in [0.2, 0.25) is 0 Å². The lowest BCUT2D eigenvalue weighted by Crippen LogP contribution is -2.55. The summed E-state index contributed by atoms with van der Waals surface area (Å²) in [5.74, 6) is 3.21. The van der Waals surface area contributed by atoms with Crippen LogP contribution in [0.15, 0.2) is 24.3 Å². The molecule has 0 aliphatic heterocycles. The van der Waals surface area contributed by atoms with Crippen LogP contribution < -0.4 is 10.6 Å². The third-order valence-electron chi connectivity index (χ3n) is 6.42. The van der Waals surface area contributed by atoms with Gasteiger partial charge >= 0.3 is 0 Å². The van der Waals surface area contributed by atoms with E-state index >= 15 is 0 Å². The van der Waals surface area contributed by atoms with Gasteiger partial charge in [0.25, 0.3) is 5.91 Å². The van der Waals surface area contributed by atoms with Gasteiger partial charge in [0.2, 0.25) is 0 Å². The second-order valence-corrected chi connectivity index (χ2v) is 8.22. The van der Waals surface area contributed by atoms with E-state index in [0.717, 1.165) is 17.5 Å². The average molecular weight is 344 g/mol. The first-order valence-electron chi connectivity index (χ1n) is 9.56. The molecule has 1 aromatic carbocycles. The summed E-state index contributed by atoms with van der Waals surface area (Å²) in [5, 5.41) is 24.6. The number of amides is 1. The fraction of sp³-hybridized carbons (Fsp3) is 0.650. The Morgan fingerprint density at radius 1 is 1.04 bits per heavy atom. The first-order valence-corrected chi connectivity index (χ1v) is 9.56. The molecule has 4 saturated carbocycles. The van der Waals surface area contributed by atoms with Crippen LogP contribution in [0, 0.1) is 23.7 Å². The lowest BCUT2D eigenvalue weighted by molar-refractivity contribution is -0.0119. The van der Waals surface area contributed by atoms with Crippen molar-refractivity contribution in [2.75, 3.05) is 18.5 Å². The summed E-state index contributed by atoms with van der Waals surface area (Å²) in [6.45, 7) is 0.0226. The number of aliphatic hydroxyl groups excluding tert-OH is 2. The SMILES string of the molecule is O=C(NC1C2CC3CC(C2)CC1C3)c1ccc(NCC(O)CO)cc1. The maximum atomic E-state index is 12.7. The van der Waals surface area contributed by atoms with E-state index in [1.54, 1.807) is 0 Å². The van der Waals surface area contributed by atoms with Crippen LogP contribution in [0.5, 0.6) is 0 Å². The number of hydrogen-bond donors (Lipinski definition) is 4. The Kier molecular flexibility index (Phi) is 4.69. The summed E-state index contributed by atoms with van der Waals surface area (Å²) < 4.78 is 0. The highest BCUT2D eigenvalue weighted by Crippen LogP contribution is 2.53. The number of anilines is 1. The van der Waals surface area contributed by atoms with Crippen LogP contribution in [0.25, 0.3) is 0 Å². The van der Waals surface area contributed by atoms with Gasteiger partial charge in [0.05, 0.1) is 12.7 Å². The van der Waals surface area contributed by atoms with Gasteiger partial charge in [-0.15, -0.1) is 0 Å². The molecule has 5 rings (SSSR count). The highest BCUT2D eigenvalue weighted by Gasteiger charge is 2.48. The predicted octanol–water partition coefficient (Wildman–Crippen LogP) is 2.01. The normalized spacial score (nSPS) is 33.9. The molecule has 4 N–H and O–H groups in total. The largest absolute Gasteiger partial charge is 0.394 e. The van der Waals surface area contributed by atoms with E-state index in [4.69, 9.17) is 5.11 Å². The Labute approximate surface area is 148 Å². The van der Waals surface area contributed by atoms with Crippen LogP contribution in [-0.2, 0) is 0 Å². The Bertz CT molecular complexity index is 588. The van der Waals surface area contributed by atoms with E-state index in [0.29, 0.717) is 23.4 Å². The van der Waals surface area contributed by atoms with Gasteiger partial charge in [-0.1, -0.05) is 0 Å². The smallest absolute Gasteiger partial charge is 0.251 e. The third-order valence-corrected chi connectivity index (χ3v) is 6.42. The van der Waals surface area contributed by atoms with Gasteiger partial charge < -0.3 is 20.8 Å². The van der Waals surface area contributed by atoms with E-state index in [1.165, 1.54) is 32.1 Å². The molecule has 5 nitrogen and oxygen atoms in total. The second-order valence-electron chi connectivity index (χ2n) is 8.22. The van der Waals surface area contributed by atoms with Gasteiger partial charge in [-0.25, -0.2) is 0 Å². The molecular formula is C20H28N2O3. The number of carbonyl (C=O) groups excluding carboxylic acids is 1. The highest BCUT2D eigenvalue weighted by molar-refractivity contribution is 5.94. The molecule has 4 aliphatic carbocycles. The number of rotatable bonds is 6. The lowest BCUT2D eigenvalue weighted by Gasteiger charge is -2.54. The molecule has 5 heteroatoms. The van der Waals surface area contributed by atoms with Crippen LogP contribution in [-0.4, -0.2) is 41.4 Å². The van der Waals surface area contributed by atoms with Crippen molar-refractivity contribution in [2.45, 2.75) is 44.2 Å². The Hall–Kier alpha value is -1.59. The molecule has 1 aromatic rings. The second kappa shape index (κ2) is 6.96. The number of carbonyl (C=O) groups is 1. The van der Waals surface area contributed by atoms with Crippen molar-refractivity contribution < 1.29 is 15.0 Å². The molecule has 4 aliphatic rings. The topological polar surface area (TPSA) is 81.6 Å². The van der Waals surface area contributed by atoms with E-state index in [1.807, 2.05) is 24.3 Å². The van der Waals surface area contributed by atoms with Crippen molar-refractivity contribution in [1.29, 1.82) is 0 Å². The van der Waals surface area contributed by atoms with E-state index in [9.17, 15) is 9.90 Å². The number of benzene rings is 1. The molecule has 0 aromatic heterocycles. The van der Waals surface area contributed by atoms with E-state index in [2.05, 4.69) is 10.6 Å². The lowest BCUT2D eigenvalue weighted by atomic mass is 9.54. The summed E-state index contributed by atoms with van der Waals surface area (Å²) >= 11 is 0. The third kappa shape index (κ3) is 3.53. The van der Waals surface area contributed by atoms with Gasteiger partial charge in [0, 0.05) is 23.8 Å². The summed E-state index contributed by atoms with van der Waals surface area (Å²) in [6, 6.07) is 7.68. The quantitative estimate of drug-likeness (QED) is 0.636. The minimum atomic E-state index is -0.778. The van der Waals surface area contributed by atoms with Gasteiger partial charge in [-0.05, 0) is 80.0 Å². The monoisotopic (exact) mass is 344 g/mol. The van der Waals surface area contributed by atoms with Crippen LogP contribution >= 0.6 is 0 Å². The molecular weight excluding hydrogens is 316 g/mol. The zero-order valence-corrected chi connectivity index (χ0v) is 14.5. The summed E-state index contributed by atoms with van der Waals surface area (Å²) in [6.07, 6.45) is 5.84. The Morgan fingerprint density at radius 2 is 1.64 bits per heavy atom. The molecule has 1 amide bonds. The van der Waals surface area contributed by atoms with Crippen LogP contribution in [0.3, 0.4) is 0 Å². The van der Waals surface area contributed by atoms with Gasteiger partial charge in [0.15, 0.2) is 0 Å². The summed E-state index contributed by atoms with van der Waals surface area (Å²) in [4.78, 5) is 12.7. The number of nitrogens with one attached hydrogen (secondary N) is 2. The van der Waals surface area contributed by atoms with Gasteiger partial charge in [-0.2, -0.15) is 0 Å². The number of hydrogen-bond acceptors (Lipinski definition) is 4. The molecule has 1 unspecified atom stereocenters. The molecule has 1 atom stereocenters. The maximum absolute atomic E-state index is 12.7. The number of aliphatic hydroxyl groups is 2. The van der Waals surface area contributed by atoms with Crippen molar-refractivity contribution in [1.82, 2.24) is 5.32 Å². The average Bonchev–Trinajstić information content (AvgIpc) is 2.62. The molecule has 25 heavy (non-hydrogen) atoms. The summed E-state index contributed by atoms with van der Waals surface area (Å²) in [5.41, 5.74) is 1.51. The fourth-order valence-electron chi connectivity index (χ4n) is 5.44. The van der Waals surface area contributed by atoms with Gasteiger partial charge in [-0.3, -0.25) is 4.79 Å². The Balaban J connectivity index is 1.35. The molecule has 4 bridgehead atoms. The predicted molar refractivity (Wildman–Crippen MR) is 96.3 cm³/mol.